The second-order valence-electron chi connectivity index (χ2n) is 4.93. The second-order valence-corrected chi connectivity index (χ2v) is 4.93. The maximum Gasteiger partial charge on any atom is 0.0486 e. The average Bonchev–Trinajstić information content (AvgIpc) is 2.68. The van der Waals surface area contributed by atoms with Crippen LogP contribution in [0.15, 0.2) is 24.3 Å². The number of nitrogens with zero attached hydrogens (tertiary/aromatic N) is 1. The Labute approximate surface area is 95.3 Å². The Morgan fingerprint density at radius 1 is 1.25 bits per heavy atom. The highest BCUT2D eigenvalue weighted by atomic mass is 15.1. The minimum atomic E-state index is 0.616. The van der Waals surface area contributed by atoms with Crippen molar-refractivity contribution >= 4 is 10.9 Å². The number of fused-ring (bicyclic) bond motifs is 3. The van der Waals surface area contributed by atoms with Crippen LogP contribution < -0.4 is 5.32 Å². The van der Waals surface area contributed by atoms with E-state index in [0.717, 1.165) is 13.1 Å². The average molecular weight is 212 g/mol. The van der Waals surface area contributed by atoms with Crippen LogP contribution in [0.5, 0.6) is 0 Å². The number of para-hydroxylation sites is 1. The summed E-state index contributed by atoms with van der Waals surface area (Å²) in [5.74, 6) is 0. The molecule has 0 saturated carbocycles. The van der Waals surface area contributed by atoms with Gasteiger partial charge in [-0.05, 0) is 30.9 Å². The molecule has 1 atom stereocenters. The van der Waals surface area contributed by atoms with Gasteiger partial charge in [-0.2, -0.15) is 0 Å². The molecule has 2 aromatic rings. The van der Waals surface area contributed by atoms with Gasteiger partial charge in [0.15, 0.2) is 0 Å². The summed E-state index contributed by atoms with van der Waals surface area (Å²) in [6.07, 6.45) is 3.91. The van der Waals surface area contributed by atoms with E-state index < -0.39 is 0 Å². The number of aryl methyl sites for hydroxylation is 1. The topological polar surface area (TPSA) is 17.0 Å². The molecule has 0 unspecified atom stereocenters. The van der Waals surface area contributed by atoms with E-state index in [0.29, 0.717) is 6.04 Å². The highest BCUT2D eigenvalue weighted by Crippen LogP contribution is 2.38. The van der Waals surface area contributed by atoms with E-state index in [2.05, 4.69) is 34.1 Å². The van der Waals surface area contributed by atoms with Crippen molar-refractivity contribution < 1.29 is 0 Å². The van der Waals surface area contributed by atoms with E-state index in [9.17, 15) is 0 Å². The van der Waals surface area contributed by atoms with Gasteiger partial charge in [0.2, 0.25) is 0 Å². The SMILES string of the molecule is c1ccc2c(c1)c1c3n2CCN[C@H]3CCC1. The van der Waals surface area contributed by atoms with Crippen molar-refractivity contribution in [3.05, 3.63) is 35.5 Å². The lowest BCUT2D eigenvalue weighted by atomic mass is 9.91. The molecule has 1 aliphatic heterocycles. The van der Waals surface area contributed by atoms with Crippen molar-refractivity contribution in [3.63, 3.8) is 0 Å². The van der Waals surface area contributed by atoms with E-state index in [1.165, 1.54) is 30.2 Å². The molecule has 0 bridgehead atoms. The highest BCUT2D eigenvalue weighted by Gasteiger charge is 2.29. The van der Waals surface area contributed by atoms with Crippen LogP contribution in [-0.4, -0.2) is 11.1 Å². The zero-order valence-corrected chi connectivity index (χ0v) is 9.37. The van der Waals surface area contributed by atoms with Crippen LogP contribution in [0.1, 0.15) is 30.1 Å². The fourth-order valence-electron chi connectivity index (χ4n) is 3.47. The summed E-state index contributed by atoms with van der Waals surface area (Å²) in [7, 11) is 0. The first kappa shape index (κ1) is 8.82. The van der Waals surface area contributed by atoms with Crippen LogP contribution in [-0.2, 0) is 13.0 Å². The number of benzene rings is 1. The number of hydrogen-bond donors (Lipinski definition) is 1. The summed E-state index contributed by atoms with van der Waals surface area (Å²) < 4.78 is 2.55. The van der Waals surface area contributed by atoms with Gasteiger partial charge >= 0.3 is 0 Å². The van der Waals surface area contributed by atoms with E-state index >= 15 is 0 Å². The number of aromatic nitrogens is 1. The molecule has 1 N–H and O–H groups in total. The molecule has 1 aromatic heterocycles. The van der Waals surface area contributed by atoms with Crippen LogP contribution >= 0.6 is 0 Å². The molecule has 82 valence electrons. The molecule has 2 heterocycles. The molecular weight excluding hydrogens is 196 g/mol. The van der Waals surface area contributed by atoms with Gasteiger partial charge < -0.3 is 9.88 Å². The zero-order chi connectivity index (χ0) is 10.5. The summed E-state index contributed by atoms with van der Waals surface area (Å²) in [6.45, 7) is 2.25. The third-order valence-corrected chi connectivity index (χ3v) is 4.10. The van der Waals surface area contributed by atoms with Gasteiger partial charge in [-0.25, -0.2) is 0 Å². The molecule has 2 heteroatoms. The molecule has 0 radical (unpaired) electrons. The van der Waals surface area contributed by atoms with Crippen LogP contribution in [0.25, 0.3) is 10.9 Å². The van der Waals surface area contributed by atoms with Crippen LogP contribution in [0.3, 0.4) is 0 Å². The second kappa shape index (κ2) is 3.11. The first-order chi connectivity index (χ1) is 7.95. The third-order valence-electron chi connectivity index (χ3n) is 4.10. The molecule has 1 aromatic carbocycles. The molecule has 4 rings (SSSR count). The Hall–Kier alpha value is -1.28. The molecule has 16 heavy (non-hydrogen) atoms. The Balaban J connectivity index is 2.13. The van der Waals surface area contributed by atoms with Crippen molar-refractivity contribution in [3.8, 4) is 0 Å². The van der Waals surface area contributed by atoms with Crippen molar-refractivity contribution in [2.45, 2.75) is 31.8 Å². The Kier molecular flexibility index (Phi) is 1.71. The third kappa shape index (κ3) is 1.00. The van der Waals surface area contributed by atoms with E-state index in [-0.39, 0.29) is 0 Å². The van der Waals surface area contributed by atoms with Gasteiger partial charge in [0.1, 0.15) is 0 Å². The zero-order valence-electron chi connectivity index (χ0n) is 9.37. The predicted molar refractivity (Wildman–Crippen MR) is 65.6 cm³/mol. The molecular formula is C14H16N2. The molecule has 2 nitrogen and oxygen atoms in total. The fraction of sp³-hybridized carbons (Fsp3) is 0.429. The standard InChI is InChI=1S/C14H16N2/c1-2-7-13-10(4-1)11-5-3-6-12-14(11)16(13)9-8-15-12/h1-2,4,7,12,15H,3,5-6,8-9H2/t12-/m0/s1. The molecule has 0 fully saturated rings. The summed E-state index contributed by atoms with van der Waals surface area (Å²) in [5, 5.41) is 5.15. The number of nitrogens with one attached hydrogen (secondary N) is 1. The predicted octanol–water partition coefficient (Wildman–Crippen LogP) is 2.62. The molecule has 0 spiro atoms. The lowest BCUT2D eigenvalue weighted by Gasteiger charge is -2.31. The van der Waals surface area contributed by atoms with Gasteiger partial charge in [-0.3, -0.25) is 0 Å². The Bertz CT molecular complexity index is 506. The summed E-state index contributed by atoms with van der Waals surface area (Å²) in [4.78, 5) is 0. The van der Waals surface area contributed by atoms with E-state index in [1.807, 2.05) is 0 Å². The summed E-state index contributed by atoms with van der Waals surface area (Å²) >= 11 is 0. The lowest BCUT2D eigenvalue weighted by Crippen LogP contribution is -2.35. The van der Waals surface area contributed by atoms with E-state index in [4.69, 9.17) is 0 Å². The quantitative estimate of drug-likeness (QED) is 0.710. The monoisotopic (exact) mass is 212 g/mol. The van der Waals surface area contributed by atoms with Crippen molar-refractivity contribution in [2.75, 3.05) is 6.54 Å². The fourth-order valence-corrected chi connectivity index (χ4v) is 3.47. The van der Waals surface area contributed by atoms with Gasteiger partial charge in [-0.15, -0.1) is 0 Å². The summed E-state index contributed by atoms with van der Waals surface area (Å²) in [6, 6.07) is 9.51. The van der Waals surface area contributed by atoms with Crippen molar-refractivity contribution in [2.24, 2.45) is 0 Å². The molecule has 1 aliphatic carbocycles. The van der Waals surface area contributed by atoms with Gasteiger partial charge in [0.25, 0.3) is 0 Å². The summed E-state index contributed by atoms with van der Waals surface area (Å²) in [5.41, 5.74) is 4.64. The maximum atomic E-state index is 3.66. The molecule has 0 amide bonds. The van der Waals surface area contributed by atoms with Crippen LogP contribution in [0.2, 0.25) is 0 Å². The molecule has 2 aliphatic rings. The number of rotatable bonds is 0. The van der Waals surface area contributed by atoms with E-state index in [1.54, 1.807) is 11.3 Å². The Morgan fingerprint density at radius 3 is 3.19 bits per heavy atom. The van der Waals surface area contributed by atoms with Crippen molar-refractivity contribution in [1.29, 1.82) is 0 Å². The van der Waals surface area contributed by atoms with Crippen LogP contribution in [0, 0.1) is 0 Å². The smallest absolute Gasteiger partial charge is 0.0486 e. The normalized spacial score (nSPS) is 23.4. The Morgan fingerprint density at radius 2 is 2.19 bits per heavy atom. The molecule has 0 saturated heterocycles. The van der Waals surface area contributed by atoms with Gasteiger partial charge in [0, 0.05) is 35.7 Å². The minimum absolute atomic E-state index is 0.616. The maximum absolute atomic E-state index is 3.66. The van der Waals surface area contributed by atoms with Crippen LogP contribution in [0.4, 0.5) is 0 Å². The minimum Gasteiger partial charge on any atom is -0.342 e. The largest absolute Gasteiger partial charge is 0.342 e. The van der Waals surface area contributed by atoms with Gasteiger partial charge in [0.05, 0.1) is 0 Å². The highest BCUT2D eigenvalue weighted by molar-refractivity contribution is 5.86. The first-order valence-electron chi connectivity index (χ1n) is 6.28. The van der Waals surface area contributed by atoms with Crippen molar-refractivity contribution in [1.82, 2.24) is 9.88 Å². The lowest BCUT2D eigenvalue weighted by molar-refractivity contribution is 0.384. The van der Waals surface area contributed by atoms with Gasteiger partial charge in [-0.1, -0.05) is 18.2 Å². The first-order valence-corrected chi connectivity index (χ1v) is 6.28. The number of hydrogen-bond acceptors (Lipinski definition) is 1.